The lowest BCUT2D eigenvalue weighted by Crippen LogP contribution is -2.48. The molecule has 0 radical (unpaired) electrons. The summed E-state index contributed by atoms with van der Waals surface area (Å²) in [5, 5.41) is 3.41. The zero-order chi connectivity index (χ0) is 17.2. The number of carbonyl (C=O) groups is 1. The van der Waals surface area contributed by atoms with Gasteiger partial charge in [-0.2, -0.15) is 0 Å². The van der Waals surface area contributed by atoms with E-state index in [4.69, 9.17) is 0 Å². The van der Waals surface area contributed by atoms with Crippen LogP contribution in [0.15, 0.2) is 49.1 Å². The van der Waals surface area contributed by atoms with E-state index >= 15 is 0 Å². The number of piperidine rings is 1. The number of anilines is 2. The van der Waals surface area contributed by atoms with Crippen molar-refractivity contribution in [2.75, 3.05) is 16.8 Å². The quantitative estimate of drug-likeness (QED) is 0.796. The molecule has 6 nitrogen and oxygen atoms in total. The highest BCUT2D eigenvalue weighted by molar-refractivity contribution is 6.00. The van der Waals surface area contributed by atoms with Crippen molar-refractivity contribution in [1.29, 1.82) is 0 Å². The van der Waals surface area contributed by atoms with Crippen LogP contribution in [0.2, 0.25) is 0 Å². The molecular weight excluding hydrogens is 321 g/mol. The highest BCUT2D eigenvalue weighted by atomic mass is 19.1. The molecule has 1 saturated heterocycles. The standard InChI is InChI=1S/C18H16FN5O/c19-13-5-1-6-14-16(13)17(22-11-21-14)23-15-7-3-9-24(18(15)25)12-4-2-8-20-10-12/h1-2,4-6,8,10-11,15H,3,7,9H2,(H,21,22,23)/t15-/m1/s1. The molecule has 3 aromatic rings. The molecule has 4 rings (SSSR count). The van der Waals surface area contributed by atoms with E-state index < -0.39 is 11.9 Å². The Morgan fingerprint density at radius 3 is 2.96 bits per heavy atom. The third-order valence-electron chi connectivity index (χ3n) is 4.32. The summed E-state index contributed by atoms with van der Waals surface area (Å²) in [4.78, 5) is 26.9. The lowest BCUT2D eigenvalue weighted by Gasteiger charge is -2.32. The average molecular weight is 337 g/mol. The zero-order valence-corrected chi connectivity index (χ0v) is 13.4. The van der Waals surface area contributed by atoms with Crippen LogP contribution in [-0.2, 0) is 4.79 Å². The van der Waals surface area contributed by atoms with Crippen LogP contribution in [0.1, 0.15) is 12.8 Å². The van der Waals surface area contributed by atoms with Gasteiger partial charge in [-0.25, -0.2) is 14.4 Å². The van der Waals surface area contributed by atoms with Crippen LogP contribution in [0.4, 0.5) is 15.9 Å². The molecule has 1 N–H and O–H groups in total. The Kier molecular flexibility index (Phi) is 3.97. The van der Waals surface area contributed by atoms with Gasteiger partial charge in [0.1, 0.15) is 24.0 Å². The van der Waals surface area contributed by atoms with Crippen LogP contribution in [0.25, 0.3) is 10.9 Å². The van der Waals surface area contributed by atoms with Crippen LogP contribution >= 0.6 is 0 Å². The minimum atomic E-state index is -0.466. The number of aromatic nitrogens is 3. The number of carbonyl (C=O) groups excluding carboxylic acids is 1. The Bertz CT molecular complexity index is 912. The van der Waals surface area contributed by atoms with Crippen LogP contribution < -0.4 is 10.2 Å². The van der Waals surface area contributed by atoms with Crippen LogP contribution in [-0.4, -0.2) is 33.4 Å². The van der Waals surface area contributed by atoms with Crippen LogP contribution in [0, 0.1) is 5.82 Å². The SMILES string of the molecule is O=C1[C@H](Nc2ncnc3cccc(F)c23)CCCN1c1cccnc1. The Morgan fingerprint density at radius 2 is 2.12 bits per heavy atom. The molecule has 0 unspecified atom stereocenters. The van der Waals surface area contributed by atoms with Gasteiger partial charge in [-0.1, -0.05) is 6.07 Å². The maximum Gasteiger partial charge on any atom is 0.249 e. The summed E-state index contributed by atoms with van der Waals surface area (Å²) in [6.45, 7) is 0.640. The number of rotatable bonds is 3. The van der Waals surface area contributed by atoms with E-state index in [9.17, 15) is 9.18 Å². The van der Waals surface area contributed by atoms with Gasteiger partial charge < -0.3 is 10.2 Å². The first-order valence-electron chi connectivity index (χ1n) is 8.11. The van der Waals surface area contributed by atoms with Crippen molar-refractivity contribution in [1.82, 2.24) is 15.0 Å². The van der Waals surface area contributed by atoms with Gasteiger partial charge >= 0.3 is 0 Å². The van der Waals surface area contributed by atoms with Crippen molar-refractivity contribution >= 4 is 28.3 Å². The maximum atomic E-state index is 14.2. The summed E-state index contributed by atoms with van der Waals surface area (Å²) in [6.07, 6.45) is 6.21. The molecule has 0 bridgehead atoms. The largest absolute Gasteiger partial charge is 0.358 e. The second-order valence-corrected chi connectivity index (χ2v) is 5.90. The average Bonchev–Trinajstić information content (AvgIpc) is 2.64. The number of hydrogen-bond acceptors (Lipinski definition) is 5. The predicted octanol–water partition coefficient (Wildman–Crippen LogP) is 2.77. The van der Waals surface area contributed by atoms with Crippen molar-refractivity contribution < 1.29 is 9.18 Å². The molecule has 1 atom stereocenters. The monoisotopic (exact) mass is 337 g/mol. The third-order valence-corrected chi connectivity index (χ3v) is 4.32. The van der Waals surface area contributed by atoms with Crippen molar-refractivity contribution in [2.24, 2.45) is 0 Å². The van der Waals surface area contributed by atoms with E-state index in [-0.39, 0.29) is 5.91 Å². The molecule has 0 saturated carbocycles. The number of fused-ring (bicyclic) bond motifs is 1. The van der Waals surface area contributed by atoms with Gasteiger partial charge in [0.2, 0.25) is 5.91 Å². The molecule has 3 heterocycles. The van der Waals surface area contributed by atoms with Gasteiger partial charge in [0.25, 0.3) is 0 Å². The number of nitrogens with one attached hydrogen (secondary N) is 1. The smallest absolute Gasteiger partial charge is 0.249 e. The zero-order valence-electron chi connectivity index (χ0n) is 13.4. The summed E-state index contributed by atoms with van der Waals surface area (Å²) in [5.74, 6) is -0.134. The first-order chi connectivity index (χ1) is 12.2. The normalized spacial score (nSPS) is 17.7. The minimum Gasteiger partial charge on any atom is -0.358 e. The van der Waals surface area contributed by atoms with E-state index in [2.05, 4.69) is 20.3 Å². The van der Waals surface area contributed by atoms with E-state index in [0.29, 0.717) is 29.7 Å². The molecule has 0 aliphatic carbocycles. The summed E-state index contributed by atoms with van der Waals surface area (Å²) in [5.41, 5.74) is 1.27. The molecule has 126 valence electrons. The Balaban J connectivity index is 1.64. The maximum absolute atomic E-state index is 14.2. The molecule has 1 aliphatic rings. The van der Waals surface area contributed by atoms with Gasteiger partial charge in [0.05, 0.1) is 22.8 Å². The number of amides is 1. The molecule has 1 amide bonds. The molecule has 2 aromatic heterocycles. The van der Waals surface area contributed by atoms with Gasteiger partial charge in [-0.15, -0.1) is 0 Å². The van der Waals surface area contributed by atoms with E-state index in [1.54, 1.807) is 35.5 Å². The molecule has 1 aliphatic heterocycles. The minimum absolute atomic E-state index is 0.0673. The van der Waals surface area contributed by atoms with Crippen molar-refractivity contribution in [3.05, 3.63) is 54.9 Å². The number of hydrogen-bond donors (Lipinski definition) is 1. The van der Waals surface area contributed by atoms with Gasteiger partial charge in [0.15, 0.2) is 0 Å². The Hall–Kier alpha value is -3.09. The van der Waals surface area contributed by atoms with Crippen molar-refractivity contribution in [3.8, 4) is 0 Å². The first-order valence-corrected chi connectivity index (χ1v) is 8.11. The second-order valence-electron chi connectivity index (χ2n) is 5.90. The highest BCUT2D eigenvalue weighted by Gasteiger charge is 2.30. The van der Waals surface area contributed by atoms with Crippen LogP contribution in [0.5, 0.6) is 0 Å². The fourth-order valence-electron chi connectivity index (χ4n) is 3.12. The Morgan fingerprint density at radius 1 is 1.20 bits per heavy atom. The molecule has 7 heteroatoms. The number of nitrogens with zero attached hydrogens (tertiary/aromatic N) is 4. The first kappa shape index (κ1) is 15.4. The molecular formula is C18H16FN5O. The molecule has 1 fully saturated rings. The van der Waals surface area contributed by atoms with Crippen molar-refractivity contribution in [3.63, 3.8) is 0 Å². The fraction of sp³-hybridized carbons (Fsp3) is 0.222. The second kappa shape index (κ2) is 6.43. The topological polar surface area (TPSA) is 71.0 Å². The molecule has 1 aromatic carbocycles. The van der Waals surface area contributed by atoms with Gasteiger partial charge in [0, 0.05) is 12.7 Å². The lowest BCUT2D eigenvalue weighted by molar-refractivity contribution is -0.120. The van der Waals surface area contributed by atoms with E-state index in [1.807, 2.05) is 6.07 Å². The highest BCUT2D eigenvalue weighted by Crippen LogP contribution is 2.26. The molecule has 0 spiro atoms. The van der Waals surface area contributed by atoms with E-state index in [1.165, 1.54) is 12.4 Å². The third kappa shape index (κ3) is 2.88. The molecule has 25 heavy (non-hydrogen) atoms. The number of pyridine rings is 1. The van der Waals surface area contributed by atoms with Gasteiger partial charge in [-0.05, 0) is 37.1 Å². The summed E-state index contributed by atoms with van der Waals surface area (Å²) < 4.78 is 14.2. The van der Waals surface area contributed by atoms with Gasteiger partial charge in [-0.3, -0.25) is 9.78 Å². The fourth-order valence-corrected chi connectivity index (χ4v) is 3.12. The van der Waals surface area contributed by atoms with E-state index in [0.717, 1.165) is 12.1 Å². The summed E-state index contributed by atoms with van der Waals surface area (Å²) in [6, 6.07) is 7.87. The predicted molar refractivity (Wildman–Crippen MR) is 92.7 cm³/mol. The van der Waals surface area contributed by atoms with Crippen LogP contribution in [0.3, 0.4) is 0 Å². The van der Waals surface area contributed by atoms with Crippen molar-refractivity contribution in [2.45, 2.75) is 18.9 Å². The number of halogens is 1. The lowest BCUT2D eigenvalue weighted by atomic mass is 10.0. The number of benzene rings is 1. The summed E-state index contributed by atoms with van der Waals surface area (Å²) >= 11 is 0. The summed E-state index contributed by atoms with van der Waals surface area (Å²) in [7, 11) is 0. The Labute approximate surface area is 143 Å².